The van der Waals surface area contributed by atoms with E-state index in [1.165, 1.54) is 16.3 Å². The highest BCUT2D eigenvalue weighted by atomic mass is 127. The standard InChI is InChI=1S/C23H33N5O.HI/c1-4-24-23(25-16-20-10-7-9-19-8-5-6-11-21(19)20)28-14-12-27(13-15-28)17-22(29)26-18(2)3;/h5-11,18H,4,12-17H2,1-3H3,(H,24,25)(H,26,29);1H. The molecule has 0 bridgehead atoms. The number of fused-ring (bicyclic) bond motifs is 1. The first-order valence-corrected chi connectivity index (χ1v) is 10.6. The summed E-state index contributed by atoms with van der Waals surface area (Å²) in [6.45, 7) is 11.5. The lowest BCUT2D eigenvalue weighted by Crippen LogP contribution is -2.54. The molecule has 0 aromatic heterocycles. The third-order valence-electron chi connectivity index (χ3n) is 5.10. The molecule has 0 radical (unpaired) electrons. The highest BCUT2D eigenvalue weighted by molar-refractivity contribution is 14.0. The predicted octanol–water partition coefficient (Wildman–Crippen LogP) is 3.07. The number of rotatable bonds is 6. The van der Waals surface area contributed by atoms with Gasteiger partial charge in [-0.25, -0.2) is 4.99 Å². The van der Waals surface area contributed by atoms with Gasteiger partial charge in [-0.15, -0.1) is 24.0 Å². The second-order valence-electron chi connectivity index (χ2n) is 7.79. The number of hydrogen-bond donors (Lipinski definition) is 2. The van der Waals surface area contributed by atoms with Gasteiger partial charge in [-0.3, -0.25) is 9.69 Å². The Balaban J connectivity index is 0.00000320. The molecule has 0 saturated carbocycles. The summed E-state index contributed by atoms with van der Waals surface area (Å²) in [4.78, 5) is 21.4. The molecule has 2 aromatic rings. The van der Waals surface area contributed by atoms with E-state index in [1.54, 1.807) is 0 Å². The van der Waals surface area contributed by atoms with E-state index in [9.17, 15) is 4.79 Å². The number of carbonyl (C=O) groups excluding carboxylic acids is 1. The Labute approximate surface area is 197 Å². The summed E-state index contributed by atoms with van der Waals surface area (Å²) in [5, 5.41) is 8.91. The highest BCUT2D eigenvalue weighted by Gasteiger charge is 2.21. The van der Waals surface area contributed by atoms with E-state index >= 15 is 0 Å². The van der Waals surface area contributed by atoms with Crippen molar-refractivity contribution >= 4 is 46.6 Å². The minimum Gasteiger partial charge on any atom is -0.357 e. The maximum atomic E-state index is 12.0. The molecule has 1 fully saturated rings. The fraction of sp³-hybridized carbons (Fsp3) is 0.478. The Bertz CT molecular complexity index is 841. The molecule has 30 heavy (non-hydrogen) atoms. The molecule has 1 aliphatic heterocycles. The van der Waals surface area contributed by atoms with Gasteiger partial charge in [0, 0.05) is 38.8 Å². The summed E-state index contributed by atoms with van der Waals surface area (Å²) in [5.74, 6) is 1.05. The van der Waals surface area contributed by atoms with Gasteiger partial charge in [0.25, 0.3) is 0 Å². The average Bonchev–Trinajstić information content (AvgIpc) is 2.71. The molecule has 7 heteroatoms. The van der Waals surface area contributed by atoms with Crippen LogP contribution >= 0.6 is 24.0 Å². The molecule has 3 rings (SSSR count). The van der Waals surface area contributed by atoms with Crippen LogP contribution in [0.5, 0.6) is 0 Å². The van der Waals surface area contributed by atoms with Crippen molar-refractivity contribution in [1.29, 1.82) is 0 Å². The number of benzene rings is 2. The maximum absolute atomic E-state index is 12.0. The van der Waals surface area contributed by atoms with Crippen molar-refractivity contribution in [1.82, 2.24) is 20.4 Å². The van der Waals surface area contributed by atoms with Gasteiger partial charge in [-0.05, 0) is 37.1 Å². The van der Waals surface area contributed by atoms with Crippen LogP contribution in [0.2, 0.25) is 0 Å². The first-order valence-electron chi connectivity index (χ1n) is 10.6. The van der Waals surface area contributed by atoms with Crippen LogP contribution in [-0.2, 0) is 11.3 Å². The Kier molecular flexibility index (Phi) is 9.84. The summed E-state index contributed by atoms with van der Waals surface area (Å²) >= 11 is 0. The largest absolute Gasteiger partial charge is 0.357 e. The van der Waals surface area contributed by atoms with Crippen LogP contribution in [0.25, 0.3) is 10.8 Å². The second-order valence-corrected chi connectivity index (χ2v) is 7.79. The van der Waals surface area contributed by atoms with Crippen LogP contribution in [0.15, 0.2) is 47.5 Å². The first kappa shape index (κ1) is 24.4. The van der Waals surface area contributed by atoms with E-state index in [1.807, 2.05) is 13.8 Å². The minimum atomic E-state index is 0. The van der Waals surface area contributed by atoms with Crippen LogP contribution in [0, 0.1) is 0 Å². The van der Waals surface area contributed by atoms with Gasteiger partial charge >= 0.3 is 0 Å². The quantitative estimate of drug-likeness (QED) is 0.347. The normalized spacial score (nSPS) is 15.2. The van der Waals surface area contributed by atoms with Crippen molar-refractivity contribution in [3.63, 3.8) is 0 Å². The number of halogens is 1. The zero-order valence-corrected chi connectivity index (χ0v) is 20.6. The monoisotopic (exact) mass is 523 g/mol. The number of carbonyl (C=O) groups is 1. The number of piperazine rings is 1. The molecule has 2 N–H and O–H groups in total. The SMILES string of the molecule is CCNC(=NCc1cccc2ccccc12)N1CCN(CC(=O)NC(C)C)CC1.I. The fourth-order valence-corrected chi connectivity index (χ4v) is 3.70. The molecule has 1 aliphatic rings. The molecule has 6 nitrogen and oxygen atoms in total. The van der Waals surface area contributed by atoms with E-state index in [0.29, 0.717) is 13.1 Å². The molecule has 0 atom stereocenters. The van der Waals surface area contributed by atoms with Crippen LogP contribution in [0.4, 0.5) is 0 Å². The van der Waals surface area contributed by atoms with Gasteiger partial charge in [-0.1, -0.05) is 42.5 Å². The minimum absolute atomic E-state index is 0. The molecule has 0 aliphatic carbocycles. The zero-order chi connectivity index (χ0) is 20.6. The molecule has 164 valence electrons. The summed E-state index contributed by atoms with van der Waals surface area (Å²) in [6, 6.07) is 15.0. The zero-order valence-electron chi connectivity index (χ0n) is 18.2. The molecule has 0 unspecified atom stereocenters. The van der Waals surface area contributed by atoms with Crippen molar-refractivity contribution in [2.24, 2.45) is 4.99 Å². The van der Waals surface area contributed by atoms with Gasteiger partial charge in [0.15, 0.2) is 5.96 Å². The Morgan fingerprint density at radius 2 is 1.77 bits per heavy atom. The van der Waals surface area contributed by atoms with Crippen LogP contribution < -0.4 is 10.6 Å². The van der Waals surface area contributed by atoms with Gasteiger partial charge in [0.2, 0.25) is 5.91 Å². The summed E-state index contributed by atoms with van der Waals surface area (Å²) in [6.07, 6.45) is 0. The summed E-state index contributed by atoms with van der Waals surface area (Å²) < 4.78 is 0. The van der Waals surface area contributed by atoms with Gasteiger partial charge < -0.3 is 15.5 Å². The third-order valence-corrected chi connectivity index (χ3v) is 5.10. The molecular weight excluding hydrogens is 489 g/mol. The number of guanidine groups is 1. The number of aliphatic imine (C=N–C) groups is 1. The van der Waals surface area contributed by atoms with Crippen LogP contribution in [0.1, 0.15) is 26.3 Å². The average molecular weight is 523 g/mol. The van der Waals surface area contributed by atoms with Crippen LogP contribution in [0.3, 0.4) is 0 Å². The Hall–Kier alpha value is -1.87. The van der Waals surface area contributed by atoms with E-state index < -0.39 is 0 Å². The molecular formula is C23H34IN5O. The highest BCUT2D eigenvalue weighted by Crippen LogP contribution is 2.19. The second kappa shape index (κ2) is 12.1. The van der Waals surface area contributed by atoms with Gasteiger partial charge in [0.1, 0.15) is 0 Å². The number of nitrogens with one attached hydrogen (secondary N) is 2. The number of hydrogen-bond acceptors (Lipinski definition) is 3. The molecule has 0 spiro atoms. The van der Waals surface area contributed by atoms with Gasteiger partial charge in [-0.2, -0.15) is 0 Å². The maximum Gasteiger partial charge on any atom is 0.234 e. The van der Waals surface area contributed by atoms with E-state index in [0.717, 1.165) is 38.7 Å². The van der Waals surface area contributed by atoms with Crippen LogP contribution in [-0.4, -0.2) is 67.0 Å². The van der Waals surface area contributed by atoms with Crippen molar-refractivity contribution in [2.75, 3.05) is 39.3 Å². The molecule has 1 heterocycles. The Morgan fingerprint density at radius 1 is 1.07 bits per heavy atom. The predicted molar refractivity (Wildman–Crippen MR) is 135 cm³/mol. The van der Waals surface area contributed by atoms with E-state index in [4.69, 9.17) is 4.99 Å². The summed E-state index contributed by atoms with van der Waals surface area (Å²) in [5.41, 5.74) is 1.24. The topological polar surface area (TPSA) is 60.0 Å². The third kappa shape index (κ3) is 6.84. The van der Waals surface area contributed by atoms with Crippen molar-refractivity contribution in [3.05, 3.63) is 48.0 Å². The smallest absolute Gasteiger partial charge is 0.234 e. The van der Waals surface area contributed by atoms with Crippen molar-refractivity contribution in [2.45, 2.75) is 33.4 Å². The van der Waals surface area contributed by atoms with E-state index in [2.05, 4.69) is 69.8 Å². The molecule has 1 amide bonds. The first-order chi connectivity index (χ1) is 14.1. The summed E-state index contributed by atoms with van der Waals surface area (Å²) in [7, 11) is 0. The molecule has 1 saturated heterocycles. The van der Waals surface area contributed by atoms with Crippen molar-refractivity contribution in [3.8, 4) is 0 Å². The number of amides is 1. The fourth-order valence-electron chi connectivity index (χ4n) is 3.70. The van der Waals surface area contributed by atoms with Gasteiger partial charge in [0.05, 0.1) is 13.1 Å². The lowest BCUT2D eigenvalue weighted by molar-refractivity contribution is -0.123. The number of nitrogens with zero attached hydrogens (tertiary/aromatic N) is 3. The van der Waals surface area contributed by atoms with Crippen molar-refractivity contribution < 1.29 is 4.79 Å². The van der Waals surface area contributed by atoms with E-state index in [-0.39, 0.29) is 35.9 Å². The lowest BCUT2D eigenvalue weighted by Gasteiger charge is -2.36. The Morgan fingerprint density at radius 3 is 2.47 bits per heavy atom. The lowest BCUT2D eigenvalue weighted by atomic mass is 10.1. The molecule has 2 aromatic carbocycles.